The second-order valence-electron chi connectivity index (χ2n) is 3.99. The number of carbonyl (C=O) groups is 3. The number of carboxylic acid groups (broad SMARTS) is 1. The number of amides is 1. The fraction of sp³-hybridized carbons (Fsp3) is 0.545. The van der Waals surface area contributed by atoms with Crippen molar-refractivity contribution in [1.29, 1.82) is 0 Å². The molecular formula is C11H16N4O5. The Morgan fingerprint density at radius 2 is 2.15 bits per heavy atom. The summed E-state index contributed by atoms with van der Waals surface area (Å²) in [5.41, 5.74) is 0. The van der Waals surface area contributed by atoms with E-state index in [1.807, 2.05) is 0 Å². The average Bonchev–Trinajstić information content (AvgIpc) is 2.93. The summed E-state index contributed by atoms with van der Waals surface area (Å²) in [4.78, 5) is 33.5. The molecule has 0 radical (unpaired) electrons. The quantitative estimate of drug-likeness (QED) is 0.598. The van der Waals surface area contributed by atoms with E-state index in [4.69, 9.17) is 5.11 Å². The third-order valence-electron chi connectivity index (χ3n) is 2.54. The van der Waals surface area contributed by atoms with E-state index >= 15 is 0 Å². The third-order valence-corrected chi connectivity index (χ3v) is 2.54. The number of aromatic nitrogens is 3. The number of carbonyl (C=O) groups excluding carboxylic acids is 2. The lowest BCUT2D eigenvalue weighted by atomic mass is 10.1. The van der Waals surface area contributed by atoms with Gasteiger partial charge in [-0.05, 0) is 6.42 Å². The van der Waals surface area contributed by atoms with Gasteiger partial charge in [0.05, 0.1) is 19.9 Å². The number of hydrogen-bond acceptors (Lipinski definition) is 6. The van der Waals surface area contributed by atoms with Crippen molar-refractivity contribution in [2.24, 2.45) is 0 Å². The monoisotopic (exact) mass is 284 g/mol. The fourth-order valence-corrected chi connectivity index (χ4v) is 1.46. The maximum Gasteiger partial charge on any atom is 0.326 e. The van der Waals surface area contributed by atoms with E-state index in [-0.39, 0.29) is 19.3 Å². The Hall–Kier alpha value is -2.45. The number of esters is 1. The summed E-state index contributed by atoms with van der Waals surface area (Å²) in [6.07, 6.45) is 3.06. The molecule has 0 aromatic carbocycles. The smallest absolute Gasteiger partial charge is 0.326 e. The molecule has 1 rings (SSSR count). The largest absolute Gasteiger partial charge is 0.480 e. The number of aliphatic carboxylic acids is 1. The van der Waals surface area contributed by atoms with Gasteiger partial charge in [0.15, 0.2) is 0 Å². The molecule has 0 spiro atoms. The minimum absolute atomic E-state index is 0.0168. The van der Waals surface area contributed by atoms with Crippen LogP contribution < -0.4 is 5.32 Å². The minimum Gasteiger partial charge on any atom is -0.480 e. The van der Waals surface area contributed by atoms with Crippen LogP contribution >= 0.6 is 0 Å². The number of carboxylic acids is 1. The standard InChI is InChI=1S/C11H16N4O5/c1-20-10(17)3-2-8(11(18)19)13-9(16)4-6-15-7-5-12-14-15/h5,7-8H,2-4,6H2,1H3,(H,13,16)(H,18,19). The Kier molecular flexibility index (Phi) is 6.14. The maximum atomic E-state index is 11.6. The van der Waals surface area contributed by atoms with Crippen LogP contribution in [0.4, 0.5) is 0 Å². The SMILES string of the molecule is COC(=O)CCC(NC(=O)CCn1ccnn1)C(=O)O. The van der Waals surface area contributed by atoms with E-state index in [0.29, 0.717) is 6.54 Å². The molecule has 0 fully saturated rings. The molecule has 9 heteroatoms. The lowest BCUT2D eigenvalue weighted by Crippen LogP contribution is -2.41. The van der Waals surface area contributed by atoms with Crippen molar-refractivity contribution >= 4 is 17.8 Å². The molecule has 1 aromatic rings. The lowest BCUT2D eigenvalue weighted by molar-refractivity contribution is -0.144. The number of nitrogens with one attached hydrogen (secondary N) is 1. The summed E-state index contributed by atoms with van der Waals surface area (Å²) in [5, 5.41) is 18.6. The van der Waals surface area contributed by atoms with E-state index in [9.17, 15) is 14.4 Å². The van der Waals surface area contributed by atoms with Crippen molar-refractivity contribution in [3.05, 3.63) is 12.4 Å². The van der Waals surface area contributed by atoms with E-state index in [1.54, 1.807) is 6.20 Å². The summed E-state index contributed by atoms with van der Waals surface area (Å²) in [6.45, 7) is 0.301. The van der Waals surface area contributed by atoms with Crippen LogP contribution in [0.5, 0.6) is 0 Å². The fourth-order valence-electron chi connectivity index (χ4n) is 1.46. The van der Waals surface area contributed by atoms with Gasteiger partial charge < -0.3 is 15.2 Å². The predicted octanol–water partition coefficient (Wildman–Crippen LogP) is -0.809. The Morgan fingerprint density at radius 1 is 1.40 bits per heavy atom. The first-order valence-corrected chi connectivity index (χ1v) is 5.96. The molecule has 0 aliphatic heterocycles. The Balaban J connectivity index is 2.38. The maximum absolute atomic E-state index is 11.6. The van der Waals surface area contributed by atoms with Crippen LogP contribution in [-0.2, 0) is 25.7 Å². The number of methoxy groups -OCH3 is 1. The molecule has 0 aliphatic rings. The van der Waals surface area contributed by atoms with Crippen LogP contribution in [-0.4, -0.2) is 51.1 Å². The minimum atomic E-state index is -1.19. The summed E-state index contributed by atoms with van der Waals surface area (Å²) >= 11 is 0. The molecule has 20 heavy (non-hydrogen) atoms. The van der Waals surface area contributed by atoms with E-state index < -0.39 is 23.9 Å². The van der Waals surface area contributed by atoms with Gasteiger partial charge in [-0.15, -0.1) is 5.10 Å². The molecule has 1 unspecified atom stereocenters. The average molecular weight is 284 g/mol. The van der Waals surface area contributed by atoms with Gasteiger partial charge in [0.2, 0.25) is 5.91 Å². The van der Waals surface area contributed by atoms with Gasteiger partial charge in [-0.1, -0.05) is 5.21 Å². The highest BCUT2D eigenvalue weighted by molar-refractivity contribution is 5.83. The Labute approximate surface area is 114 Å². The number of hydrogen-bond donors (Lipinski definition) is 2. The van der Waals surface area contributed by atoms with Crippen molar-refractivity contribution in [2.45, 2.75) is 31.8 Å². The molecule has 2 N–H and O–H groups in total. The van der Waals surface area contributed by atoms with Crippen molar-refractivity contribution in [1.82, 2.24) is 20.3 Å². The van der Waals surface area contributed by atoms with Crippen LogP contribution in [0.3, 0.4) is 0 Å². The number of ether oxygens (including phenoxy) is 1. The molecule has 110 valence electrons. The highest BCUT2D eigenvalue weighted by atomic mass is 16.5. The van der Waals surface area contributed by atoms with Crippen LogP contribution in [0.25, 0.3) is 0 Å². The molecule has 1 atom stereocenters. The van der Waals surface area contributed by atoms with Crippen LogP contribution in [0, 0.1) is 0 Å². The highest BCUT2D eigenvalue weighted by Crippen LogP contribution is 2.00. The molecule has 1 aromatic heterocycles. The van der Waals surface area contributed by atoms with Gasteiger partial charge in [-0.2, -0.15) is 0 Å². The first kappa shape index (κ1) is 15.6. The summed E-state index contributed by atoms with van der Waals surface area (Å²) in [6, 6.07) is -1.11. The predicted molar refractivity (Wildman–Crippen MR) is 65.5 cm³/mol. The van der Waals surface area contributed by atoms with Crippen molar-refractivity contribution in [3.63, 3.8) is 0 Å². The normalized spacial score (nSPS) is 11.7. The first-order chi connectivity index (χ1) is 9.52. The van der Waals surface area contributed by atoms with Crippen LogP contribution in [0.15, 0.2) is 12.4 Å². The Morgan fingerprint density at radius 3 is 2.70 bits per heavy atom. The molecule has 1 heterocycles. The summed E-state index contributed by atoms with van der Waals surface area (Å²) in [5.74, 6) is -2.14. The van der Waals surface area contributed by atoms with Gasteiger partial charge in [0, 0.05) is 19.0 Å². The number of rotatable bonds is 8. The second kappa shape index (κ2) is 7.87. The van der Waals surface area contributed by atoms with Gasteiger partial charge in [-0.25, -0.2) is 4.79 Å². The number of aryl methyl sites for hydroxylation is 1. The van der Waals surface area contributed by atoms with Crippen molar-refractivity contribution in [2.75, 3.05) is 7.11 Å². The number of nitrogens with zero attached hydrogens (tertiary/aromatic N) is 3. The van der Waals surface area contributed by atoms with Gasteiger partial charge >= 0.3 is 11.9 Å². The van der Waals surface area contributed by atoms with Crippen molar-refractivity contribution in [3.8, 4) is 0 Å². The molecule has 1 amide bonds. The highest BCUT2D eigenvalue weighted by Gasteiger charge is 2.21. The summed E-state index contributed by atoms with van der Waals surface area (Å²) in [7, 11) is 1.22. The molecule has 0 saturated carbocycles. The second-order valence-corrected chi connectivity index (χ2v) is 3.99. The van der Waals surface area contributed by atoms with Crippen molar-refractivity contribution < 1.29 is 24.2 Å². The van der Waals surface area contributed by atoms with Gasteiger partial charge in [0.1, 0.15) is 6.04 Å². The zero-order valence-corrected chi connectivity index (χ0v) is 11.0. The topological polar surface area (TPSA) is 123 Å². The molecule has 0 bridgehead atoms. The van der Waals surface area contributed by atoms with E-state index in [2.05, 4.69) is 20.4 Å². The zero-order valence-electron chi connectivity index (χ0n) is 11.0. The molecule has 0 aliphatic carbocycles. The van der Waals surface area contributed by atoms with Gasteiger partial charge in [0.25, 0.3) is 0 Å². The van der Waals surface area contributed by atoms with E-state index in [0.717, 1.165) is 0 Å². The third kappa shape index (κ3) is 5.46. The van der Waals surface area contributed by atoms with Crippen LogP contribution in [0.1, 0.15) is 19.3 Å². The zero-order chi connectivity index (χ0) is 15.0. The molecule has 9 nitrogen and oxygen atoms in total. The lowest BCUT2D eigenvalue weighted by Gasteiger charge is -2.13. The summed E-state index contributed by atoms with van der Waals surface area (Å²) < 4.78 is 5.88. The van der Waals surface area contributed by atoms with E-state index in [1.165, 1.54) is 18.0 Å². The molecule has 0 saturated heterocycles. The van der Waals surface area contributed by atoms with Gasteiger partial charge in [-0.3, -0.25) is 14.3 Å². The Bertz CT molecular complexity index is 459. The first-order valence-electron chi connectivity index (χ1n) is 5.96. The molecular weight excluding hydrogens is 268 g/mol. The van der Waals surface area contributed by atoms with Crippen LogP contribution in [0.2, 0.25) is 0 Å².